The van der Waals surface area contributed by atoms with Gasteiger partial charge in [0.15, 0.2) is 0 Å². The van der Waals surface area contributed by atoms with Crippen LogP contribution in [0.15, 0.2) is 30.5 Å². The lowest BCUT2D eigenvalue weighted by atomic mass is 10.1. The third kappa shape index (κ3) is 5.38. The third-order valence-electron chi connectivity index (χ3n) is 4.55. The van der Waals surface area contributed by atoms with Crippen molar-refractivity contribution in [2.75, 3.05) is 25.5 Å². The lowest BCUT2D eigenvalue weighted by Gasteiger charge is -2.17. The molecular formula is C20H31N3O. The van der Waals surface area contributed by atoms with Gasteiger partial charge in [-0.05, 0) is 44.4 Å². The van der Waals surface area contributed by atoms with Crippen LogP contribution in [0.2, 0.25) is 0 Å². The first-order valence-electron chi connectivity index (χ1n) is 9.02. The molecule has 0 spiro atoms. The average Bonchev–Trinajstić information content (AvgIpc) is 2.60. The summed E-state index contributed by atoms with van der Waals surface area (Å²) >= 11 is 0. The number of benzene rings is 1. The van der Waals surface area contributed by atoms with Gasteiger partial charge in [0.25, 0.3) is 0 Å². The topological polar surface area (TPSA) is 46.2 Å². The molecule has 0 bridgehead atoms. The van der Waals surface area contributed by atoms with Crippen molar-refractivity contribution in [1.29, 1.82) is 0 Å². The number of nitrogens with zero attached hydrogens (tertiary/aromatic N) is 1. The molecule has 2 aromatic rings. The maximum atomic E-state index is 5.39. The molecule has 2 N–H and O–H groups in total. The van der Waals surface area contributed by atoms with Gasteiger partial charge < -0.3 is 15.4 Å². The fourth-order valence-electron chi connectivity index (χ4n) is 2.63. The SMILES string of the molecule is COc1cc(NCCCCCN[C@@H](C)C(C)C)c2ncccc2c1. The maximum Gasteiger partial charge on any atom is 0.121 e. The Morgan fingerprint density at radius 2 is 1.88 bits per heavy atom. The zero-order valence-electron chi connectivity index (χ0n) is 15.4. The highest BCUT2D eigenvalue weighted by Crippen LogP contribution is 2.27. The summed E-state index contributed by atoms with van der Waals surface area (Å²) in [7, 11) is 1.70. The van der Waals surface area contributed by atoms with Crippen molar-refractivity contribution in [3.05, 3.63) is 30.5 Å². The number of pyridine rings is 1. The third-order valence-corrected chi connectivity index (χ3v) is 4.55. The summed E-state index contributed by atoms with van der Waals surface area (Å²) in [5.41, 5.74) is 2.06. The standard InChI is InChI=1S/C20H31N3O/c1-15(2)16(3)21-10-6-5-7-11-22-19-14-18(24-4)13-17-9-8-12-23-20(17)19/h8-9,12-16,21-22H,5-7,10-11H2,1-4H3/t16-/m0/s1. The Balaban J connectivity index is 1.77. The molecule has 4 heteroatoms. The van der Waals surface area contributed by atoms with Crippen molar-refractivity contribution >= 4 is 16.6 Å². The van der Waals surface area contributed by atoms with Crippen molar-refractivity contribution in [3.63, 3.8) is 0 Å². The number of aromatic nitrogens is 1. The van der Waals surface area contributed by atoms with E-state index in [1.165, 1.54) is 12.8 Å². The quantitative estimate of drug-likeness (QED) is 0.632. The highest BCUT2D eigenvalue weighted by atomic mass is 16.5. The predicted octanol–water partition coefficient (Wildman–Crippen LogP) is 4.46. The van der Waals surface area contributed by atoms with Crippen LogP contribution in [0.5, 0.6) is 5.75 Å². The summed E-state index contributed by atoms with van der Waals surface area (Å²) in [4.78, 5) is 4.49. The van der Waals surface area contributed by atoms with Crippen molar-refractivity contribution in [2.45, 2.75) is 46.1 Å². The van der Waals surface area contributed by atoms with Gasteiger partial charge in [0, 0.05) is 30.2 Å². The second kappa shape index (κ2) is 9.48. The van der Waals surface area contributed by atoms with E-state index in [1.54, 1.807) is 7.11 Å². The van der Waals surface area contributed by atoms with Crippen molar-refractivity contribution in [2.24, 2.45) is 5.92 Å². The van der Waals surface area contributed by atoms with E-state index in [2.05, 4.69) is 42.5 Å². The second-order valence-electron chi connectivity index (χ2n) is 6.72. The highest BCUT2D eigenvalue weighted by Gasteiger charge is 2.06. The molecule has 1 atom stereocenters. The first kappa shape index (κ1) is 18.5. The molecule has 24 heavy (non-hydrogen) atoms. The molecule has 0 unspecified atom stereocenters. The minimum absolute atomic E-state index is 0.595. The Morgan fingerprint density at radius 3 is 2.62 bits per heavy atom. The van der Waals surface area contributed by atoms with Crippen molar-refractivity contribution < 1.29 is 4.74 Å². The van der Waals surface area contributed by atoms with Crippen LogP contribution in [0.1, 0.15) is 40.0 Å². The highest BCUT2D eigenvalue weighted by molar-refractivity contribution is 5.91. The molecule has 0 saturated heterocycles. The number of methoxy groups -OCH3 is 1. The molecule has 0 radical (unpaired) electrons. The van der Waals surface area contributed by atoms with Gasteiger partial charge in [-0.25, -0.2) is 0 Å². The number of ether oxygens (including phenoxy) is 1. The van der Waals surface area contributed by atoms with E-state index in [1.807, 2.05) is 24.4 Å². The number of hydrogen-bond donors (Lipinski definition) is 2. The molecular weight excluding hydrogens is 298 g/mol. The first-order chi connectivity index (χ1) is 11.6. The molecule has 2 rings (SSSR count). The number of anilines is 1. The Kier molecular flexibility index (Phi) is 7.32. The molecule has 0 saturated carbocycles. The average molecular weight is 329 g/mol. The zero-order chi connectivity index (χ0) is 17.4. The molecule has 132 valence electrons. The van der Waals surface area contributed by atoms with E-state index in [0.29, 0.717) is 12.0 Å². The molecule has 1 aromatic heterocycles. The van der Waals surface area contributed by atoms with Crippen LogP contribution in [-0.4, -0.2) is 31.2 Å². The van der Waals surface area contributed by atoms with Gasteiger partial charge in [-0.15, -0.1) is 0 Å². The molecule has 1 aromatic carbocycles. The van der Waals surface area contributed by atoms with Gasteiger partial charge in [0.2, 0.25) is 0 Å². The second-order valence-corrected chi connectivity index (χ2v) is 6.72. The van der Waals surface area contributed by atoms with Crippen molar-refractivity contribution in [3.8, 4) is 5.75 Å². The van der Waals surface area contributed by atoms with Crippen LogP contribution in [0, 0.1) is 5.92 Å². The summed E-state index contributed by atoms with van der Waals surface area (Å²) in [6.07, 6.45) is 5.43. The Morgan fingerprint density at radius 1 is 1.08 bits per heavy atom. The maximum absolute atomic E-state index is 5.39. The van der Waals surface area contributed by atoms with Crippen LogP contribution in [0.25, 0.3) is 10.9 Å². The minimum atomic E-state index is 0.595. The molecule has 0 fully saturated rings. The van der Waals surface area contributed by atoms with Crippen molar-refractivity contribution in [1.82, 2.24) is 10.3 Å². The molecule has 0 aliphatic rings. The van der Waals surface area contributed by atoms with E-state index in [4.69, 9.17) is 4.74 Å². The number of unbranched alkanes of at least 4 members (excludes halogenated alkanes) is 2. The minimum Gasteiger partial charge on any atom is -0.497 e. The van der Waals surface area contributed by atoms with Gasteiger partial charge in [-0.1, -0.05) is 26.3 Å². The van der Waals surface area contributed by atoms with Crippen LogP contribution in [-0.2, 0) is 0 Å². The molecule has 0 aliphatic carbocycles. The molecule has 4 nitrogen and oxygen atoms in total. The van der Waals surface area contributed by atoms with Gasteiger partial charge in [-0.2, -0.15) is 0 Å². The number of nitrogens with one attached hydrogen (secondary N) is 2. The molecule has 0 aliphatic heterocycles. The first-order valence-corrected chi connectivity index (χ1v) is 9.02. The summed E-state index contributed by atoms with van der Waals surface area (Å²) in [5, 5.41) is 8.20. The molecule has 0 amide bonds. The summed E-state index contributed by atoms with van der Waals surface area (Å²) in [6, 6.07) is 8.67. The van der Waals surface area contributed by atoms with E-state index in [-0.39, 0.29) is 0 Å². The van der Waals surface area contributed by atoms with Gasteiger partial charge in [0.1, 0.15) is 5.75 Å². The Bertz CT molecular complexity index is 627. The monoisotopic (exact) mass is 329 g/mol. The van der Waals surface area contributed by atoms with Gasteiger partial charge in [0.05, 0.1) is 18.3 Å². The fraction of sp³-hybridized carbons (Fsp3) is 0.550. The Hall–Kier alpha value is -1.81. The zero-order valence-corrected chi connectivity index (χ0v) is 15.4. The van der Waals surface area contributed by atoms with Crippen LogP contribution < -0.4 is 15.4 Å². The fourth-order valence-corrected chi connectivity index (χ4v) is 2.63. The molecule has 1 heterocycles. The normalized spacial score (nSPS) is 12.5. The van der Waals surface area contributed by atoms with E-state index in [9.17, 15) is 0 Å². The number of hydrogen-bond acceptors (Lipinski definition) is 4. The van der Waals surface area contributed by atoms with Gasteiger partial charge in [-0.3, -0.25) is 4.98 Å². The van der Waals surface area contributed by atoms with Crippen LogP contribution >= 0.6 is 0 Å². The van der Waals surface area contributed by atoms with E-state index < -0.39 is 0 Å². The lowest BCUT2D eigenvalue weighted by Crippen LogP contribution is -2.31. The lowest BCUT2D eigenvalue weighted by molar-refractivity contribution is 0.415. The van der Waals surface area contributed by atoms with Crippen LogP contribution in [0.4, 0.5) is 5.69 Å². The Labute approximate surface area is 146 Å². The number of fused-ring (bicyclic) bond motifs is 1. The van der Waals surface area contributed by atoms with E-state index in [0.717, 1.165) is 41.9 Å². The predicted molar refractivity (Wildman–Crippen MR) is 103 cm³/mol. The number of rotatable bonds is 10. The summed E-state index contributed by atoms with van der Waals surface area (Å²) in [5.74, 6) is 1.56. The summed E-state index contributed by atoms with van der Waals surface area (Å²) < 4.78 is 5.39. The smallest absolute Gasteiger partial charge is 0.121 e. The van der Waals surface area contributed by atoms with Crippen LogP contribution in [0.3, 0.4) is 0 Å². The largest absolute Gasteiger partial charge is 0.497 e. The van der Waals surface area contributed by atoms with Gasteiger partial charge >= 0.3 is 0 Å². The van der Waals surface area contributed by atoms with E-state index >= 15 is 0 Å². The summed E-state index contributed by atoms with van der Waals surface area (Å²) in [6.45, 7) is 8.83.